The number of hydrogen-bond donors (Lipinski definition) is 8. The highest BCUT2D eigenvalue weighted by Gasteiger charge is 2.49. The van der Waals surface area contributed by atoms with Crippen LogP contribution in [-0.2, 0) is 25.5 Å². The number of ether oxygens (including phenoxy) is 3. The number of fused-ring (bicyclic) bond motifs is 3. The summed E-state index contributed by atoms with van der Waals surface area (Å²) in [5.74, 6) is -4.71. The fourth-order valence-electron chi connectivity index (χ4n) is 6.38. The van der Waals surface area contributed by atoms with Gasteiger partial charge in [0.2, 0.25) is 11.7 Å². The van der Waals surface area contributed by atoms with Gasteiger partial charge < -0.3 is 51.2 Å². The Hall–Kier alpha value is -4.45. The monoisotopic (exact) mass is 670 g/mol. The molecule has 1 aliphatic heterocycles. The molecule has 1 amide bonds. The van der Waals surface area contributed by atoms with Gasteiger partial charge in [-0.25, -0.2) is 5.43 Å². The second-order valence-corrected chi connectivity index (χ2v) is 12.3. The molecule has 0 saturated carbocycles. The summed E-state index contributed by atoms with van der Waals surface area (Å²) in [5.41, 5.74) is 10.5. The van der Waals surface area contributed by atoms with Crippen LogP contribution in [0.5, 0.6) is 17.2 Å². The number of carbonyl (C=O) groups excluding carboxylic acids is 3. The highest BCUT2D eigenvalue weighted by molar-refractivity contribution is 6.31. The van der Waals surface area contributed by atoms with Gasteiger partial charge in [-0.1, -0.05) is 12.1 Å². The number of benzene rings is 2. The molecule has 258 valence electrons. The molecule has 2 aromatic carbocycles. The number of aliphatic hydroxyl groups excluding tert-OH is 1. The Balaban J connectivity index is 1.57. The van der Waals surface area contributed by atoms with Gasteiger partial charge in [-0.2, -0.15) is 5.10 Å². The molecule has 0 spiro atoms. The van der Waals surface area contributed by atoms with Crippen molar-refractivity contribution in [3.05, 3.63) is 51.6 Å². The third-order valence-corrected chi connectivity index (χ3v) is 9.16. The average Bonchev–Trinajstić information content (AvgIpc) is 3.04. The number of methoxy groups -OCH3 is 1. The van der Waals surface area contributed by atoms with Crippen LogP contribution in [0.25, 0.3) is 0 Å². The molecule has 0 aromatic heterocycles. The van der Waals surface area contributed by atoms with Crippen LogP contribution in [0, 0.1) is 0 Å². The van der Waals surface area contributed by atoms with Crippen molar-refractivity contribution in [1.82, 2.24) is 5.43 Å². The minimum Gasteiger partial charge on any atom is -0.507 e. The number of nitrogens with two attached hydrogens (primary N) is 2. The number of phenols is 2. The summed E-state index contributed by atoms with van der Waals surface area (Å²) in [7, 11) is 1.32. The summed E-state index contributed by atoms with van der Waals surface area (Å²) in [5, 5.41) is 58.6. The van der Waals surface area contributed by atoms with Crippen LogP contribution in [0.1, 0.15) is 88.6 Å². The number of carbonyl (C=O) groups is 4. The van der Waals surface area contributed by atoms with E-state index in [-0.39, 0.29) is 59.4 Å². The van der Waals surface area contributed by atoms with Crippen molar-refractivity contribution in [1.29, 1.82) is 0 Å². The van der Waals surface area contributed by atoms with Crippen molar-refractivity contribution < 1.29 is 58.9 Å². The number of hydrazone groups is 1. The van der Waals surface area contributed by atoms with E-state index in [1.807, 2.05) is 0 Å². The van der Waals surface area contributed by atoms with Crippen LogP contribution >= 0.6 is 0 Å². The third kappa shape index (κ3) is 6.13. The molecule has 48 heavy (non-hydrogen) atoms. The zero-order valence-electron chi connectivity index (χ0n) is 26.4. The van der Waals surface area contributed by atoms with Gasteiger partial charge in [0.05, 0.1) is 47.8 Å². The smallest absolute Gasteiger partial charge is 0.320 e. The van der Waals surface area contributed by atoms with E-state index in [1.54, 1.807) is 6.92 Å². The first-order valence-corrected chi connectivity index (χ1v) is 15.3. The molecule has 3 aliphatic rings. The van der Waals surface area contributed by atoms with Crippen molar-refractivity contribution in [3.63, 3.8) is 0 Å². The van der Waals surface area contributed by atoms with E-state index in [2.05, 4.69) is 10.5 Å². The largest absolute Gasteiger partial charge is 0.507 e. The van der Waals surface area contributed by atoms with E-state index in [0.29, 0.717) is 0 Å². The summed E-state index contributed by atoms with van der Waals surface area (Å²) in [6, 6.07) is 2.36. The van der Waals surface area contributed by atoms with Gasteiger partial charge >= 0.3 is 5.97 Å². The van der Waals surface area contributed by atoms with Gasteiger partial charge in [-0.15, -0.1) is 0 Å². The lowest BCUT2D eigenvalue weighted by Crippen LogP contribution is -2.52. The zero-order chi connectivity index (χ0) is 35.2. The van der Waals surface area contributed by atoms with Gasteiger partial charge in [-0.3, -0.25) is 19.2 Å². The van der Waals surface area contributed by atoms with Crippen molar-refractivity contribution in [2.45, 2.75) is 88.2 Å². The van der Waals surface area contributed by atoms with Crippen LogP contribution in [0.2, 0.25) is 0 Å². The fourth-order valence-corrected chi connectivity index (χ4v) is 6.38. The number of carboxylic acids is 1. The molecule has 1 saturated heterocycles. The number of hydrogen-bond acceptors (Lipinski definition) is 14. The van der Waals surface area contributed by atoms with E-state index in [0.717, 1.165) is 0 Å². The van der Waals surface area contributed by atoms with Crippen LogP contribution in [-0.4, -0.2) is 98.0 Å². The molecule has 0 bridgehead atoms. The first-order chi connectivity index (χ1) is 22.6. The Morgan fingerprint density at radius 3 is 2.50 bits per heavy atom. The molecular formula is C32H38N4O12. The maximum absolute atomic E-state index is 13.9. The predicted molar refractivity (Wildman–Crippen MR) is 166 cm³/mol. The molecule has 1 heterocycles. The molecule has 5 rings (SSSR count). The Kier molecular flexibility index (Phi) is 9.60. The lowest BCUT2D eigenvalue weighted by molar-refractivity contribution is -0.245. The summed E-state index contributed by atoms with van der Waals surface area (Å²) < 4.78 is 17.3. The molecule has 16 heteroatoms. The van der Waals surface area contributed by atoms with E-state index in [1.165, 1.54) is 32.2 Å². The number of amides is 1. The normalized spacial score (nSPS) is 27.4. The Morgan fingerprint density at radius 1 is 1.17 bits per heavy atom. The van der Waals surface area contributed by atoms with Gasteiger partial charge in [0.25, 0.3) is 0 Å². The predicted octanol–water partition coefficient (Wildman–Crippen LogP) is 0.124. The Labute approximate surface area is 274 Å². The summed E-state index contributed by atoms with van der Waals surface area (Å²) >= 11 is 0. The lowest BCUT2D eigenvalue weighted by atomic mass is 9.72. The molecular weight excluding hydrogens is 632 g/mol. The number of rotatable bonds is 9. The topological polar surface area (TPSA) is 274 Å². The van der Waals surface area contributed by atoms with Gasteiger partial charge in [0.15, 0.2) is 12.1 Å². The lowest BCUT2D eigenvalue weighted by Gasteiger charge is -2.42. The van der Waals surface area contributed by atoms with E-state index >= 15 is 0 Å². The Bertz CT molecular complexity index is 1700. The maximum Gasteiger partial charge on any atom is 0.320 e. The molecule has 2 aliphatic carbocycles. The number of aliphatic carboxylic acids is 1. The summed E-state index contributed by atoms with van der Waals surface area (Å²) in [6.45, 7) is 2.98. The fraction of sp³-hybridized carbons (Fsp3) is 0.469. The number of ketones is 2. The van der Waals surface area contributed by atoms with Gasteiger partial charge in [0, 0.05) is 48.4 Å². The zero-order valence-corrected chi connectivity index (χ0v) is 26.4. The molecule has 0 radical (unpaired) electrons. The number of nitrogens with one attached hydrogen (secondary N) is 1. The standard InChI is InChI=1S/C32H38N4O12/c1-12-26(38)17(34)9-21(47-12)48-19-11-32(45,13(2)35-36-20(37)8-7-16(33)31(43)44)10-15-23(19)30(42)25-24(28(15)40)27(39)14-5-4-6-18(46-3)22(14)29(25)41/h4-6,12,16-17,19,21,26,38,40,42,45H,7-11,33-34H2,1-3H3,(H,36,37)(H,43,44)/b35-13+. The summed E-state index contributed by atoms with van der Waals surface area (Å²) in [6.07, 6.45) is -5.31. The maximum atomic E-state index is 13.9. The summed E-state index contributed by atoms with van der Waals surface area (Å²) in [4.78, 5) is 51.0. The van der Waals surface area contributed by atoms with Crippen LogP contribution in [0.4, 0.5) is 0 Å². The molecule has 16 nitrogen and oxygen atoms in total. The molecule has 7 unspecified atom stereocenters. The second kappa shape index (κ2) is 13.2. The van der Waals surface area contributed by atoms with Crippen molar-refractivity contribution in [3.8, 4) is 17.2 Å². The first kappa shape index (κ1) is 34.9. The number of aliphatic hydroxyl groups is 2. The number of phenolic OH excluding ortho intramolecular Hbond substituents is 2. The van der Waals surface area contributed by atoms with Crippen molar-refractivity contribution in [2.75, 3.05) is 7.11 Å². The van der Waals surface area contributed by atoms with E-state index in [4.69, 9.17) is 30.8 Å². The average molecular weight is 671 g/mol. The minimum absolute atomic E-state index is 0.0110. The number of aromatic hydroxyl groups is 2. The third-order valence-electron chi connectivity index (χ3n) is 9.16. The Morgan fingerprint density at radius 2 is 1.85 bits per heavy atom. The van der Waals surface area contributed by atoms with Crippen LogP contribution in [0.3, 0.4) is 0 Å². The second-order valence-electron chi connectivity index (χ2n) is 12.3. The molecule has 10 N–H and O–H groups in total. The van der Waals surface area contributed by atoms with Gasteiger partial charge in [0.1, 0.15) is 28.9 Å². The first-order valence-electron chi connectivity index (χ1n) is 15.3. The quantitative estimate of drug-likeness (QED) is 0.0854. The number of carboxylic acid groups (broad SMARTS) is 1. The van der Waals surface area contributed by atoms with Crippen LogP contribution < -0.4 is 21.6 Å². The van der Waals surface area contributed by atoms with Gasteiger partial charge in [-0.05, 0) is 26.3 Å². The number of nitrogens with zero attached hydrogens (tertiary/aromatic N) is 1. The minimum atomic E-state index is -1.97. The van der Waals surface area contributed by atoms with E-state index in [9.17, 15) is 39.6 Å². The van der Waals surface area contributed by atoms with Crippen LogP contribution in [0.15, 0.2) is 23.3 Å². The van der Waals surface area contributed by atoms with Crippen molar-refractivity contribution in [2.24, 2.45) is 16.6 Å². The van der Waals surface area contributed by atoms with E-state index < -0.39 is 94.8 Å². The SMILES string of the molecule is COc1cccc2c1C(=O)c1c(O)c3c(c(O)c1C2=O)CC(O)(/C(C)=N/NC(=O)CCC(N)C(=O)O)CC3OC1CC(N)C(O)C(C)O1. The van der Waals surface area contributed by atoms with Crippen molar-refractivity contribution >= 4 is 29.2 Å². The highest BCUT2D eigenvalue weighted by atomic mass is 16.7. The molecule has 2 aromatic rings. The molecule has 1 fully saturated rings. The molecule has 7 atom stereocenters. The highest BCUT2D eigenvalue weighted by Crippen LogP contribution is 2.52.